The van der Waals surface area contributed by atoms with Crippen LogP contribution < -0.4 is 9.47 Å². The summed E-state index contributed by atoms with van der Waals surface area (Å²) >= 11 is 0. The van der Waals surface area contributed by atoms with Crippen LogP contribution in [0, 0.1) is 0 Å². The topological polar surface area (TPSA) is 84.2 Å². The third-order valence-corrected chi connectivity index (χ3v) is 5.76. The lowest BCUT2D eigenvalue weighted by molar-refractivity contribution is -0.132. The molecule has 178 valence electrons. The Balaban J connectivity index is 1.44. The van der Waals surface area contributed by atoms with Gasteiger partial charge in [0.15, 0.2) is 0 Å². The molecule has 0 aliphatic carbocycles. The third kappa shape index (κ3) is 4.83. The molecule has 0 fully saturated rings. The lowest BCUT2D eigenvalue weighted by Crippen LogP contribution is -2.02. The maximum atomic E-state index is 11.5. The van der Waals surface area contributed by atoms with Crippen LogP contribution in [0.2, 0.25) is 0 Å². The van der Waals surface area contributed by atoms with E-state index < -0.39 is 0 Å². The van der Waals surface area contributed by atoms with E-state index in [1.165, 1.54) is 13.8 Å². The van der Waals surface area contributed by atoms with Gasteiger partial charge < -0.3 is 19.4 Å². The second kappa shape index (κ2) is 9.80. The number of para-hydroxylation sites is 2. The molecule has 5 aromatic rings. The van der Waals surface area contributed by atoms with Gasteiger partial charge in [0.1, 0.15) is 11.5 Å². The number of nitrogens with one attached hydrogen (secondary N) is 2. The van der Waals surface area contributed by atoms with Gasteiger partial charge in [0, 0.05) is 48.8 Å². The maximum Gasteiger partial charge on any atom is 0.308 e. The smallest absolute Gasteiger partial charge is 0.308 e. The predicted octanol–water partition coefficient (Wildman–Crippen LogP) is 6.86. The van der Waals surface area contributed by atoms with Gasteiger partial charge in [-0.25, -0.2) is 0 Å². The Labute approximate surface area is 208 Å². The third-order valence-electron chi connectivity index (χ3n) is 5.76. The molecule has 0 aliphatic rings. The van der Waals surface area contributed by atoms with E-state index >= 15 is 0 Å². The van der Waals surface area contributed by atoms with Gasteiger partial charge in [0.2, 0.25) is 0 Å². The molecular formula is C30H24N2O4. The van der Waals surface area contributed by atoms with E-state index in [2.05, 4.69) is 28.2 Å². The molecule has 2 N–H and O–H groups in total. The zero-order chi connectivity index (χ0) is 25.1. The number of H-pyrrole nitrogens is 2. The summed E-state index contributed by atoms with van der Waals surface area (Å²) in [5.74, 6) is 0.314. The van der Waals surface area contributed by atoms with Crippen LogP contribution in [0.4, 0.5) is 0 Å². The maximum absolute atomic E-state index is 11.5. The fourth-order valence-corrected chi connectivity index (χ4v) is 4.18. The van der Waals surface area contributed by atoms with Gasteiger partial charge in [-0.1, -0.05) is 42.5 Å². The lowest BCUT2D eigenvalue weighted by Gasteiger charge is -2.07. The molecule has 5 rings (SSSR count). The normalized spacial score (nSPS) is 10.7. The van der Waals surface area contributed by atoms with Crippen molar-refractivity contribution >= 4 is 11.9 Å². The van der Waals surface area contributed by atoms with E-state index in [0.29, 0.717) is 11.5 Å². The molecule has 0 saturated carbocycles. The van der Waals surface area contributed by atoms with Gasteiger partial charge in [-0.2, -0.15) is 0 Å². The first-order valence-corrected chi connectivity index (χ1v) is 11.5. The molecular weight excluding hydrogens is 452 g/mol. The van der Waals surface area contributed by atoms with Crippen molar-refractivity contribution in [2.45, 2.75) is 13.8 Å². The Bertz CT molecular complexity index is 1450. The fraction of sp³-hybridized carbons (Fsp3) is 0.0667. The van der Waals surface area contributed by atoms with Crippen LogP contribution >= 0.6 is 0 Å². The molecule has 3 aromatic carbocycles. The zero-order valence-corrected chi connectivity index (χ0v) is 19.9. The highest BCUT2D eigenvalue weighted by molar-refractivity contribution is 5.81. The molecule has 0 unspecified atom stereocenters. The summed E-state index contributed by atoms with van der Waals surface area (Å²) in [6.07, 6.45) is 3.88. The highest BCUT2D eigenvalue weighted by Gasteiger charge is 2.13. The Hall–Kier alpha value is -4.84. The summed E-state index contributed by atoms with van der Waals surface area (Å²) in [5.41, 5.74) is 7.47. The average molecular weight is 477 g/mol. The van der Waals surface area contributed by atoms with Gasteiger partial charge >= 0.3 is 11.9 Å². The quantitative estimate of drug-likeness (QED) is 0.207. The molecule has 2 aromatic heterocycles. The number of carbonyl (C=O) groups is 2. The van der Waals surface area contributed by atoms with Crippen LogP contribution in [0.15, 0.2) is 97.3 Å². The largest absolute Gasteiger partial charge is 0.426 e. The molecule has 0 spiro atoms. The van der Waals surface area contributed by atoms with Crippen LogP contribution in [-0.4, -0.2) is 21.9 Å². The van der Waals surface area contributed by atoms with Crippen molar-refractivity contribution in [1.29, 1.82) is 0 Å². The van der Waals surface area contributed by atoms with E-state index in [0.717, 1.165) is 44.8 Å². The van der Waals surface area contributed by atoms with Gasteiger partial charge in [-0.15, -0.1) is 0 Å². The summed E-state index contributed by atoms with van der Waals surface area (Å²) in [4.78, 5) is 29.6. The summed E-state index contributed by atoms with van der Waals surface area (Å²) in [7, 11) is 0. The van der Waals surface area contributed by atoms with Crippen molar-refractivity contribution in [3.63, 3.8) is 0 Å². The molecule has 0 atom stereocenters. The molecule has 0 radical (unpaired) electrons. The number of hydrogen-bond donors (Lipinski definition) is 2. The number of carbonyl (C=O) groups excluding carboxylic acids is 2. The molecule has 0 bridgehead atoms. The van der Waals surface area contributed by atoms with Gasteiger partial charge in [0.25, 0.3) is 0 Å². The second-order valence-corrected chi connectivity index (χ2v) is 8.36. The fourth-order valence-electron chi connectivity index (χ4n) is 4.18. The van der Waals surface area contributed by atoms with Crippen LogP contribution in [-0.2, 0) is 9.59 Å². The highest BCUT2D eigenvalue weighted by atomic mass is 16.5. The predicted molar refractivity (Wildman–Crippen MR) is 140 cm³/mol. The number of aromatic nitrogens is 2. The van der Waals surface area contributed by atoms with Gasteiger partial charge in [0.05, 0.1) is 0 Å². The van der Waals surface area contributed by atoms with Crippen LogP contribution in [0.1, 0.15) is 13.8 Å². The van der Waals surface area contributed by atoms with E-state index in [9.17, 15) is 9.59 Å². The number of benzene rings is 3. The van der Waals surface area contributed by atoms with Crippen molar-refractivity contribution in [3.8, 4) is 56.3 Å². The van der Waals surface area contributed by atoms with E-state index in [4.69, 9.17) is 9.47 Å². The number of rotatable bonds is 6. The zero-order valence-electron chi connectivity index (χ0n) is 19.9. The minimum absolute atomic E-state index is 0.358. The Morgan fingerprint density at radius 3 is 1.44 bits per heavy atom. The number of hydrogen-bond acceptors (Lipinski definition) is 4. The van der Waals surface area contributed by atoms with Gasteiger partial charge in [-0.3, -0.25) is 9.59 Å². The Morgan fingerprint density at radius 1 is 0.556 bits per heavy atom. The molecule has 2 heterocycles. The number of aromatic amines is 2. The molecule has 36 heavy (non-hydrogen) atoms. The minimum Gasteiger partial charge on any atom is -0.426 e. The first kappa shape index (κ1) is 22.9. The van der Waals surface area contributed by atoms with Gasteiger partial charge in [-0.05, 0) is 64.7 Å². The van der Waals surface area contributed by atoms with Crippen molar-refractivity contribution < 1.29 is 19.1 Å². The molecule has 0 amide bonds. The Kier molecular flexibility index (Phi) is 6.24. The summed E-state index contributed by atoms with van der Waals surface area (Å²) in [6, 6.07) is 27.2. The van der Waals surface area contributed by atoms with Crippen molar-refractivity contribution in [2.75, 3.05) is 0 Å². The number of ether oxygens (including phenoxy) is 2. The van der Waals surface area contributed by atoms with E-state index in [1.807, 2.05) is 67.0 Å². The summed E-state index contributed by atoms with van der Waals surface area (Å²) < 4.78 is 10.7. The first-order valence-electron chi connectivity index (χ1n) is 11.5. The van der Waals surface area contributed by atoms with E-state index in [1.54, 1.807) is 12.1 Å². The van der Waals surface area contributed by atoms with Crippen molar-refractivity contribution in [1.82, 2.24) is 9.97 Å². The SMILES string of the molecule is CC(=O)Oc1ccccc1-c1cc(-c2cccc(-c3c[nH]c(-c4ccccc4OC(C)=O)c3)c2)c[nH]1. The summed E-state index contributed by atoms with van der Waals surface area (Å²) in [6.45, 7) is 2.79. The molecule has 0 saturated heterocycles. The molecule has 6 heteroatoms. The van der Waals surface area contributed by atoms with Crippen LogP contribution in [0.25, 0.3) is 44.8 Å². The van der Waals surface area contributed by atoms with E-state index in [-0.39, 0.29) is 11.9 Å². The average Bonchev–Trinajstić information content (AvgIpc) is 3.55. The minimum atomic E-state index is -0.358. The first-order chi connectivity index (χ1) is 17.5. The molecule has 6 nitrogen and oxygen atoms in total. The molecule has 0 aliphatic heterocycles. The van der Waals surface area contributed by atoms with Crippen LogP contribution in [0.5, 0.6) is 11.5 Å². The highest BCUT2D eigenvalue weighted by Crippen LogP contribution is 2.35. The standard InChI is InChI=1S/C30H24N2O4/c1-19(33)35-29-12-5-3-10-25(29)27-15-23(17-31-27)21-8-7-9-22(14-21)24-16-28(32-18-24)26-11-4-6-13-30(26)36-20(2)34/h3-18,31-32H,1-2H3. The van der Waals surface area contributed by atoms with Crippen LogP contribution in [0.3, 0.4) is 0 Å². The lowest BCUT2D eigenvalue weighted by atomic mass is 10.0. The van der Waals surface area contributed by atoms with Crippen molar-refractivity contribution in [2.24, 2.45) is 0 Å². The monoisotopic (exact) mass is 476 g/mol. The van der Waals surface area contributed by atoms with Crippen molar-refractivity contribution in [3.05, 3.63) is 97.3 Å². The summed E-state index contributed by atoms with van der Waals surface area (Å²) in [5, 5.41) is 0. The second-order valence-electron chi connectivity index (χ2n) is 8.36. The Morgan fingerprint density at radius 2 is 1.00 bits per heavy atom. The number of esters is 2.